The van der Waals surface area contributed by atoms with Crippen LogP contribution < -0.4 is 10.7 Å². The van der Waals surface area contributed by atoms with Crippen molar-refractivity contribution in [2.45, 2.75) is 24.6 Å². The maximum atomic E-state index is 11.6. The zero-order valence-electron chi connectivity index (χ0n) is 15.7. The summed E-state index contributed by atoms with van der Waals surface area (Å²) in [6.07, 6.45) is 0.896. The number of hydrogen-bond donors (Lipinski definition) is 3. The second-order valence-corrected chi connectivity index (χ2v) is 7.42. The van der Waals surface area contributed by atoms with E-state index >= 15 is 0 Å². The number of aldehydes is 1. The van der Waals surface area contributed by atoms with Gasteiger partial charge in [0.25, 0.3) is 0 Å². The number of aliphatic hydroxyl groups is 1. The third kappa shape index (κ3) is 2.91. The average molecular weight is 383 g/mol. The van der Waals surface area contributed by atoms with Gasteiger partial charge < -0.3 is 15.2 Å². The minimum absolute atomic E-state index is 0.0232. The van der Waals surface area contributed by atoms with Crippen LogP contribution in [0.1, 0.15) is 45.8 Å². The van der Waals surface area contributed by atoms with E-state index in [9.17, 15) is 9.90 Å². The molecule has 0 amide bonds. The fourth-order valence-corrected chi connectivity index (χ4v) is 4.35. The molecule has 5 nitrogen and oxygen atoms in total. The van der Waals surface area contributed by atoms with Crippen LogP contribution in [0.2, 0.25) is 0 Å². The van der Waals surface area contributed by atoms with Crippen molar-refractivity contribution in [3.05, 3.63) is 101 Å². The van der Waals surface area contributed by atoms with Crippen molar-refractivity contribution in [1.29, 1.82) is 0 Å². The quantitative estimate of drug-likeness (QED) is 0.601. The second kappa shape index (κ2) is 7.18. The molecule has 0 saturated carbocycles. The molecule has 2 aliphatic heterocycles. The Morgan fingerprint density at radius 1 is 0.931 bits per heavy atom. The number of anilines is 1. The zero-order chi connectivity index (χ0) is 19.8. The molecule has 0 aliphatic carbocycles. The number of aliphatic hydroxyl groups excluding tert-OH is 1. The van der Waals surface area contributed by atoms with Gasteiger partial charge in [0.2, 0.25) is 0 Å². The summed E-state index contributed by atoms with van der Waals surface area (Å²) in [6.45, 7) is 0.0242. The van der Waals surface area contributed by atoms with E-state index in [2.05, 4.69) is 40.1 Å². The lowest BCUT2D eigenvalue weighted by Gasteiger charge is -2.39. The van der Waals surface area contributed by atoms with Crippen LogP contribution in [0.4, 0.5) is 5.69 Å². The van der Waals surface area contributed by atoms with Gasteiger partial charge in [-0.3, -0.25) is 5.43 Å². The highest BCUT2D eigenvalue weighted by Crippen LogP contribution is 2.45. The topological polar surface area (TPSA) is 73.7 Å². The lowest BCUT2D eigenvalue weighted by Crippen LogP contribution is -2.38. The Labute approximate surface area is 169 Å². The summed E-state index contributed by atoms with van der Waals surface area (Å²) < 4.78 is 0. The molecule has 29 heavy (non-hydrogen) atoms. The van der Waals surface area contributed by atoms with Gasteiger partial charge in [-0.25, -0.2) is 0 Å². The molecule has 2 heterocycles. The predicted octanol–water partition coefficient (Wildman–Crippen LogP) is 3.68. The monoisotopic (exact) mass is 383 g/mol. The summed E-state index contributed by atoms with van der Waals surface area (Å²) in [6, 6.07) is 23.9. The van der Waals surface area contributed by atoms with Crippen LogP contribution in [-0.4, -0.2) is 17.1 Å². The molecule has 3 atom stereocenters. The van der Waals surface area contributed by atoms with Gasteiger partial charge in [0.05, 0.1) is 24.3 Å². The predicted molar refractivity (Wildman–Crippen MR) is 113 cm³/mol. The van der Waals surface area contributed by atoms with Crippen LogP contribution in [0.3, 0.4) is 0 Å². The van der Waals surface area contributed by atoms with Crippen LogP contribution in [0.25, 0.3) is 0 Å². The van der Waals surface area contributed by atoms with E-state index in [4.69, 9.17) is 0 Å². The van der Waals surface area contributed by atoms with Crippen molar-refractivity contribution in [1.82, 2.24) is 5.43 Å². The largest absolute Gasteiger partial charge is 0.392 e. The number of hydrogen-bond acceptors (Lipinski definition) is 5. The first kappa shape index (κ1) is 17.6. The third-order valence-corrected chi connectivity index (χ3v) is 5.77. The molecule has 3 aromatic carbocycles. The average Bonchev–Trinajstić information content (AvgIpc) is 2.80. The molecule has 0 saturated heterocycles. The van der Waals surface area contributed by atoms with Gasteiger partial charge in [-0.05, 0) is 28.3 Å². The Bertz CT molecular complexity index is 1080. The standard InChI is InChI=1S/C24H21N3O2/c28-13-15-9-11-17(12-10-15)23-21(16-5-2-1-3-6-16)24-22-18(20(14-29)26-27-24)7-4-8-19(22)25-23/h1-12,14,20-21,23,25-26,28H,13H2. The molecule has 2 aliphatic rings. The molecule has 5 heteroatoms. The highest BCUT2D eigenvalue weighted by atomic mass is 16.3. The fourth-order valence-electron chi connectivity index (χ4n) is 4.35. The molecule has 0 bridgehead atoms. The Kier molecular flexibility index (Phi) is 4.37. The van der Waals surface area contributed by atoms with Crippen molar-refractivity contribution in [2.75, 3.05) is 5.32 Å². The number of carbonyl (C=O) groups is 1. The lowest BCUT2D eigenvalue weighted by atomic mass is 9.75. The van der Waals surface area contributed by atoms with Crippen LogP contribution in [0.5, 0.6) is 0 Å². The number of rotatable bonds is 4. The van der Waals surface area contributed by atoms with E-state index in [1.54, 1.807) is 0 Å². The molecule has 3 aromatic rings. The minimum atomic E-state index is -0.438. The third-order valence-electron chi connectivity index (χ3n) is 5.77. The zero-order valence-corrected chi connectivity index (χ0v) is 15.7. The number of benzene rings is 3. The molecule has 0 aromatic heterocycles. The first-order valence-corrected chi connectivity index (χ1v) is 9.73. The molecule has 0 fully saturated rings. The molecule has 5 rings (SSSR count). The van der Waals surface area contributed by atoms with E-state index in [0.717, 1.165) is 45.5 Å². The van der Waals surface area contributed by atoms with Gasteiger partial charge in [0.1, 0.15) is 12.3 Å². The molecular weight excluding hydrogens is 362 g/mol. The molecule has 3 unspecified atom stereocenters. The highest BCUT2D eigenvalue weighted by molar-refractivity contribution is 6.13. The van der Waals surface area contributed by atoms with Gasteiger partial charge >= 0.3 is 0 Å². The fraction of sp³-hybridized carbons (Fsp3) is 0.167. The summed E-state index contributed by atoms with van der Waals surface area (Å²) in [4.78, 5) is 11.6. The Hall–Kier alpha value is -3.44. The second-order valence-electron chi connectivity index (χ2n) is 7.42. The van der Waals surface area contributed by atoms with Crippen molar-refractivity contribution < 1.29 is 9.90 Å². The van der Waals surface area contributed by atoms with Crippen molar-refractivity contribution in [3.8, 4) is 0 Å². The summed E-state index contributed by atoms with van der Waals surface area (Å²) in [7, 11) is 0. The van der Waals surface area contributed by atoms with Crippen LogP contribution in [-0.2, 0) is 11.4 Å². The maximum Gasteiger partial charge on any atom is 0.148 e. The Morgan fingerprint density at radius 2 is 1.72 bits per heavy atom. The van der Waals surface area contributed by atoms with E-state index < -0.39 is 6.04 Å². The Morgan fingerprint density at radius 3 is 2.45 bits per heavy atom. The van der Waals surface area contributed by atoms with Crippen molar-refractivity contribution in [2.24, 2.45) is 5.10 Å². The van der Waals surface area contributed by atoms with Gasteiger partial charge in [-0.2, -0.15) is 5.10 Å². The first-order valence-electron chi connectivity index (χ1n) is 9.73. The van der Waals surface area contributed by atoms with Crippen LogP contribution in [0.15, 0.2) is 77.9 Å². The molecule has 0 radical (unpaired) electrons. The number of nitrogens with zero attached hydrogens (tertiary/aromatic N) is 1. The molecule has 3 N–H and O–H groups in total. The summed E-state index contributed by atoms with van der Waals surface area (Å²) in [5.41, 5.74) is 10.1. The van der Waals surface area contributed by atoms with E-state index in [-0.39, 0.29) is 18.6 Å². The van der Waals surface area contributed by atoms with Gasteiger partial charge in [-0.15, -0.1) is 0 Å². The van der Waals surface area contributed by atoms with E-state index in [0.29, 0.717) is 0 Å². The van der Waals surface area contributed by atoms with Crippen molar-refractivity contribution in [3.63, 3.8) is 0 Å². The molecule has 0 spiro atoms. The summed E-state index contributed by atoms with van der Waals surface area (Å²) in [5, 5.41) is 17.8. The van der Waals surface area contributed by atoms with E-state index in [1.165, 1.54) is 0 Å². The van der Waals surface area contributed by atoms with E-state index in [1.807, 2.05) is 48.5 Å². The Balaban J connectivity index is 1.69. The smallest absolute Gasteiger partial charge is 0.148 e. The van der Waals surface area contributed by atoms with Gasteiger partial charge in [0, 0.05) is 11.3 Å². The highest BCUT2D eigenvalue weighted by Gasteiger charge is 2.39. The SMILES string of the molecule is O=CC1NN=C2c3c(cccc31)NC(c1ccc(CO)cc1)C2c1ccccc1. The lowest BCUT2D eigenvalue weighted by molar-refractivity contribution is -0.109. The normalized spacial score (nSPS) is 22.0. The van der Waals surface area contributed by atoms with Gasteiger partial charge in [0.15, 0.2) is 0 Å². The van der Waals surface area contributed by atoms with Crippen molar-refractivity contribution >= 4 is 17.7 Å². The van der Waals surface area contributed by atoms with Crippen LogP contribution >= 0.6 is 0 Å². The molecule has 144 valence electrons. The summed E-state index contributed by atoms with van der Waals surface area (Å²) >= 11 is 0. The first-order chi connectivity index (χ1) is 14.3. The summed E-state index contributed by atoms with van der Waals surface area (Å²) in [5.74, 6) is -0.0232. The number of nitrogens with one attached hydrogen (secondary N) is 2. The van der Waals surface area contributed by atoms with Gasteiger partial charge in [-0.1, -0.05) is 66.7 Å². The number of hydrazone groups is 1. The minimum Gasteiger partial charge on any atom is -0.392 e. The number of carbonyl (C=O) groups excluding carboxylic acids is 1. The molecular formula is C24H21N3O2. The maximum absolute atomic E-state index is 11.6. The van der Waals surface area contributed by atoms with Crippen LogP contribution in [0, 0.1) is 0 Å².